The van der Waals surface area contributed by atoms with E-state index in [1.807, 2.05) is 0 Å². The molecule has 0 aromatic heterocycles. The van der Waals surface area contributed by atoms with Crippen LogP contribution in [0.15, 0.2) is 0 Å². The van der Waals surface area contributed by atoms with E-state index in [9.17, 15) is 4.79 Å². The van der Waals surface area contributed by atoms with E-state index in [-0.39, 0.29) is 0 Å². The number of carbonyl (C=O) groups is 1. The van der Waals surface area contributed by atoms with Crippen LogP contribution in [0.25, 0.3) is 0 Å². The van der Waals surface area contributed by atoms with Crippen LogP contribution in [0.1, 0.15) is 20.8 Å². The summed E-state index contributed by atoms with van der Waals surface area (Å²) in [5, 5.41) is 42.2. The van der Waals surface area contributed by atoms with Gasteiger partial charge in [0.15, 0.2) is 0 Å². The molecular weight excluding hydrogens is 216 g/mol. The SMILES string of the molecule is CC(C)(C)C(=O)O.OCC(CO)(CO)CO. The Morgan fingerprint density at radius 3 is 1.06 bits per heavy atom. The van der Waals surface area contributed by atoms with Gasteiger partial charge < -0.3 is 25.5 Å². The third-order valence-electron chi connectivity index (χ3n) is 1.98. The molecule has 0 fully saturated rings. The van der Waals surface area contributed by atoms with Gasteiger partial charge in [-0.15, -0.1) is 0 Å². The van der Waals surface area contributed by atoms with E-state index in [0.29, 0.717) is 0 Å². The summed E-state index contributed by atoms with van der Waals surface area (Å²) in [5.41, 5.74) is -1.69. The Labute approximate surface area is 95.2 Å². The molecule has 6 nitrogen and oxygen atoms in total. The topological polar surface area (TPSA) is 118 Å². The van der Waals surface area contributed by atoms with Gasteiger partial charge in [-0.25, -0.2) is 0 Å². The highest BCUT2D eigenvalue weighted by atomic mass is 16.4. The van der Waals surface area contributed by atoms with E-state index in [4.69, 9.17) is 25.5 Å². The quantitative estimate of drug-likeness (QED) is 0.431. The van der Waals surface area contributed by atoms with Crippen LogP contribution >= 0.6 is 0 Å². The third-order valence-corrected chi connectivity index (χ3v) is 1.98. The molecule has 0 aromatic rings. The van der Waals surface area contributed by atoms with Crippen LogP contribution in [0.2, 0.25) is 0 Å². The van der Waals surface area contributed by atoms with E-state index in [0.717, 1.165) is 0 Å². The summed E-state index contributed by atoms with van der Waals surface area (Å²) in [5.74, 6) is -0.757. The zero-order chi connectivity index (χ0) is 13.4. The highest BCUT2D eigenvalue weighted by molar-refractivity contribution is 5.72. The molecule has 16 heavy (non-hydrogen) atoms. The van der Waals surface area contributed by atoms with Gasteiger partial charge in [0.1, 0.15) is 0 Å². The number of aliphatic hydroxyl groups excluding tert-OH is 4. The summed E-state index contributed by atoms with van der Waals surface area (Å²) in [6.07, 6.45) is 0. The molecule has 0 atom stereocenters. The molecule has 0 heterocycles. The zero-order valence-electron chi connectivity index (χ0n) is 9.97. The first-order valence-corrected chi connectivity index (χ1v) is 4.86. The van der Waals surface area contributed by atoms with E-state index in [1.54, 1.807) is 20.8 Å². The molecule has 0 saturated heterocycles. The zero-order valence-corrected chi connectivity index (χ0v) is 9.97. The second kappa shape index (κ2) is 7.56. The fourth-order valence-corrected chi connectivity index (χ4v) is 0.300. The van der Waals surface area contributed by atoms with Crippen molar-refractivity contribution in [3.8, 4) is 0 Å². The van der Waals surface area contributed by atoms with E-state index in [1.165, 1.54) is 0 Å². The number of aliphatic hydroxyl groups is 4. The van der Waals surface area contributed by atoms with Crippen molar-refractivity contribution in [2.45, 2.75) is 20.8 Å². The first-order valence-electron chi connectivity index (χ1n) is 4.86. The van der Waals surface area contributed by atoms with Crippen molar-refractivity contribution in [1.82, 2.24) is 0 Å². The molecule has 98 valence electrons. The van der Waals surface area contributed by atoms with Gasteiger partial charge >= 0.3 is 5.97 Å². The van der Waals surface area contributed by atoms with Gasteiger partial charge in [-0.05, 0) is 20.8 Å². The molecule has 0 aliphatic heterocycles. The summed E-state index contributed by atoms with van der Waals surface area (Å²) in [6.45, 7) is 3.36. The number of rotatable bonds is 4. The van der Waals surface area contributed by atoms with Gasteiger partial charge in [-0.3, -0.25) is 4.79 Å². The minimum absolute atomic E-state index is 0.406. The van der Waals surface area contributed by atoms with Gasteiger partial charge in [-0.2, -0.15) is 0 Å². The smallest absolute Gasteiger partial charge is 0.308 e. The second-order valence-electron chi connectivity index (χ2n) is 4.69. The monoisotopic (exact) mass is 238 g/mol. The first kappa shape index (κ1) is 17.7. The lowest BCUT2D eigenvalue weighted by Gasteiger charge is -2.23. The molecule has 0 bridgehead atoms. The van der Waals surface area contributed by atoms with Gasteiger partial charge in [0.2, 0.25) is 0 Å². The summed E-state index contributed by atoms with van der Waals surface area (Å²) < 4.78 is 0. The fourth-order valence-electron chi connectivity index (χ4n) is 0.300. The van der Waals surface area contributed by atoms with Crippen LogP contribution in [0.5, 0.6) is 0 Å². The standard InChI is InChI=1S/C5H12O4.C5H10O2/c6-1-5(2-7,3-8)4-9;1-5(2,3)4(6)7/h6-9H,1-4H2;1-3H3,(H,6,7). The van der Waals surface area contributed by atoms with Crippen LogP contribution in [-0.4, -0.2) is 57.9 Å². The maximum atomic E-state index is 10.0. The van der Waals surface area contributed by atoms with Gasteiger partial charge in [0.05, 0.1) is 37.3 Å². The molecule has 0 rings (SSSR count). The van der Waals surface area contributed by atoms with Crippen molar-refractivity contribution in [2.75, 3.05) is 26.4 Å². The van der Waals surface area contributed by atoms with Crippen LogP contribution < -0.4 is 0 Å². The highest BCUT2D eigenvalue weighted by Gasteiger charge is 2.26. The molecular formula is C10H22O6. The number of hydrogen-bond acceptors (Lipinski definition) is 5. The van der Waals surface area contributed by atoms with E-state index < -0.39 is 43.2 Å². The Hall–Kier alpha value is -0.690. The van der Waals surface area contributed by atoms with Crippen molar-refractivity contribution >= 4 is 5.97 Å². The number of hydrogen-bond donors (Lipinski definition) is 5. The minimum Gasteiger partial charge on any atom is -0.481 e. The first-order chi connectivity index (χ1) is 7.19. The van der Waals surface area contributed by atoms with Crippen molar-refractivity contribution < 1.29 is 30.3 Å². The van der Waals surface area contributed by atoms with E-state index >= 15 is 0 Å². The molecule has 0 spiro atoms. The lowest BCUT2D eigenvalue weighted by Crippen LogP contribution is -2.37. The van der Waals surface area contributed by atoms with Crippen molar-refractivity contribution in [2.24, 2.45) is 10.8 Å². The maximum absolute atomic E-state index is 10.0. The van der Waals surface area contributed by atoms with Crippen molar-refractivity contribution in [1.29, 1.82) is 0 Å². The molecule has 0 saturated carbocycles. The maximum Gasteiger partial charge on any atom is 0.308 e. The average molecular weight is 238 g/mol. The number of carboxylic acid groups (broad SMARTS) is 1. The molecule has 0 radical (unpaired) electrons. The van der Waals surface area contributed by atoms with E-state index in [2.05, 4.69) is 0 Å². The summed E-state index contributed by atoms with van der Waals surface area (Å²) in [7, 11) is 0. The third kappa shape index (κ3) is 6.73. The fraction of sp³-hybridized carbons (Fsp3) is 0.900. The lowest BCUT2D eigenvalue weighted by molar-refractivity contribution is -0.145. The summed E-state index contributed by atoms with van der Waals surface area (Å²) in [6, 6.07) is 0. The average Bonchev–Trinajstić information content (AvgIpc) is 2.21. The Balaban J connectivity index is 0. The molecule has 5 N–H and O–H groups in total. The van der Waals surface area contributed by atoms with Crippen molar-refractivity contribution in [3.05, 3.63) is 0 Å². The van der Waals surface area contributed by atoms with Gasteiger partial charge in [-0.1, -0.05) is 0 Å². The van der Waals surface area contributed by atoms with Crippen molar-refractivity contribution in [3.63, 3.8) is 0 Å². The predicted octanol–water partition coefficient (Wildman–Crippen LogP) is -0.941. The van der Waals surface area contributed by atoms with Crippen LogP contribution in [-0.2, 0) is 4.79 Å². The predicted molar refractivity (Wildman–Crippen MR) is 57.9 cm³/mol. The van der Waals surface area contributed by atoms with Gasteiger partial charge in [0.25, 0.3) is 0 Å². The Kier molecular flexibility index (Phi) is 8.36. The molecule has 0 aliphatic carbocycles. The van der Waals surface area contributed by atoms with Crippen LogP contribution in [0, 0.1) is 10.8 Å². The Morgan fingerprint density at radius 1 is 0.875 bits per heavy atom. The molecule has 0 aromatic carbocycles. The number of aliphatic carboxylic acids is 1. The lowest BCUT2D eigenvalue weighted by atomic mass is 9.93. The Bertz CT molecular complexity index is 174. The second-order valence-corrected chi connectivity index (χ2v) is 4.69. The Morgan fingerprint density at radius 2 is 1.06 bits per heavy atom. The normalized spacial score (nSPS) is 11.7. The largest absolute Gasteiger partial charge is 0.481 e. The number of carboxylic acids is 1. The van der Waals surface area contributed by atoms with Crippen LogP contribution in [0.4, 0.5) is 0 Å². The summed E-state index contributed by atoms with van der Waals surface area (Å²) in [4.78, 5) is 10.0. The minimum atomic E-state index is -1.11. The molecule has 0 aliphatic rings. The summed E-state index contributed by atoms with van der Waals surface area (Å²) >= 11 is 0. The van der Waals surface area contributed by atoms with Crippen LogP contribution in [0.3, 0.4) is 0 Å². The van der Waals surface area contributed by atoms with Gasteiger partial charge in [0, 0.05) is 0 Å². The highest BCUT2D eigenvalue weighted by Crippen LogP contribution is 2.12. The molecule has 0 amide bonds. The molecule has 6 heteroatoms. The molecule has 0 unspecified atom stereocenters.